The van der Waals surface area contributed by atoms with Crippen molar-refractivity contribution in [3.8, 4) is 5.75 Å². The molecular weight excluding hydrogens is 380 g/mol. The Morgan fingerprint density at radius 2 is 2.00 bits per heavy atom. The molecule has 0 unspecified atom stereocenters. The summed E-state index contributed by atoms with van der Waals surface area (Å²) in [7, 11) is 0. The molecule has 8 heteroatoms. The summed E-state index contributed by atoms with van der Waals surface area (Å²) >= 11 is 2.75. The van der Waals surface area contributed by atoms with Gasteiger partial charge in [-0.05, 0) is 37.5 Å². The molecule has 142 valence electrons. The summed E-state index contributed by atoms with van der Waals surface area (Å²) in [5.74, 6) is 1.08. The van der Waals surface area contributed by atoms with Crippen LogP contribution in [0.5, 0.6) is 5.75 Å². The number of hydrogen-bond donors (Lipinski definition) is 1. The molecule has 1 aromatic carbocycles. The molecule has 0 bridgehead atoms. The van der Waals surface area contributed by atoms with E-state index >= 15 is 0 Å². The van der Waals surface area contributed by atoms with Crippen molar-refractivity contribution >= 4 is 33.7 Å². The summed E-state index contributed by atoms with van der Waals surface area (Å²) in [6.07, 6.45) is 0.855. The van der Waals surface area contributed by atoms with E-state index in [9.17, 15) is 4.79 Å². The number of nitrogens with one attached hydrogen (secondary N) is 1. The van der Waals surface area contributed by atoms with E-state index < -0.39 is 0 Å². The maximum atomic E-state index is 12.6. The van der Waals surface area contributed by atoms with Crippen molar-refractivity contribution in [2.45, 2.75) is 40.7 Å². The highest BCUT2D eigenvalue weighted by Crippen LogP contribution is 2.24. The van der Waals surface area contributed by atoms with Crippen LogP contribution in [0.1, 0.15) is 44.8 Å². The largest absolute Gasteiger partial charge is 0.486 e. The van der Waals surface area contributed by atoms with Gasteiger partial charge in [-0.15, -0.1) is 21.5 Å². The Hall–Kier alpha value is -2.32. The fraction of sp³-hybridized carbons (Fsp3) is 0.368. The zero-order valence-electron chi connectivity index (χ0n) is 15.8. The van der Waals surface area contributed by atoms with Crippen molar-refractivity contribution in [3.63, 3.8) is 0 Å². The van der Waals surface area contributed by atoms with Crippen LogP contribution in [0.25, 0.3) is 0 Å². The molecule has 0 atom stereocenters. The van der Waals surface area contributed by atoms with Gasteiger partial charge in [-0.2, -0.15) is 0 Å². The SMILES string of the molecule is Cc1cccc(OCc2nc(C)c(C(=O)Nc3nnc(CC(C)C)s3)s2)c1. The van der Waals surface area contributed by atoms with Crippen LogP contribution in [0.2, 0.25) is 0 Å². The van der Waals surface area contributed by atoms with Gasteiger partial charge in [-0.25, -0.2) is 4.98 Å². The van der Waals surface area contributed by atoms with Crippen LogP contribution in [-0.2, 0) is 13.0 Å². The fourth-order valence-electron chi connectivity index (χ4n) is 2.46. The number of amides is 1. The molecule has 0 saturated heterocycles. The monoisotopic (exact) mass is 402 g/mol. The molecule has 2 heterocycles. The Balaban J connectivity index is 1.63. The van der Waals surface area contributed by atoms with Crippen molar-refractivity contribution in [3.05, 3.63) is 50.4 Å². The minimum atomic E-state index is -0.209. The second-order valence-electron chi connectivity index (χ2n) is 6.68. The highest BCUT2D eigenvalue weighted by atomic mass is 32.1. The third-order valence-corrected chi connectivity index (χ3v) is 5.66. The predicted molar refractivity (Wildman–Crippen MR) is 109 cm³/mol. The summed E-state index contributed by atoms with van der Waals surface area (Å²) in [6.45, 7) is 8.43. The number of hydrogen-bond acceptors (Lipinski definition) is 7. The van der Waals surface area contributed by atoms with Crippen LogP contribution in [0.15, 0.2) is 24.3 Å². The number of ether oxygens (including phenoxy) is 1. The standard InChI is InChI=1S/C19H22N4O2S2/c1-11(2)8-15-22-23-19(27-15)21-18(24)17-13(4)20-16(26-17)10-25-14-7-5-6-12(3)9-14/h5-7,9,11H,8,10H2,1-4H3,(H,21,23,24). The number of nitrogens with zero attached hydrogens (tertiary/aromatic N) is 3. The van der Waals surface area contributed by atoms with Crippen LogP contribution in [0.4, 0.5) is 5.13 Å². The number of anilines is 1. The van der Waals surface area contributed by atoms with E-state index in [0.29, 0.717) is 28.2 Å². The molecule has 0 aliphatic carbocycles. The van der Waals surface area contributed by atoms with Crippen molar-refractivity contribution in [2.75, 3.05) is 5.32 Å². The average molecular weight is 403 g/mol. The van der Waals surface area contributed by atoms with Gasteiger partial charge in [0.15, 0.2) is 0 Å². The molecule has 0 aliphatic heterocycles. The first-order valence-electron chi connectivity index (χ1n) is 8.70. The zero-order chi connectivity index (χ0) is 19.4. The minimum Gasteiger partial charge on any atom is -0.486 e. The molecule has 3 rings (SSSR count). The second kappa shape index (κ2) is 8.58. The van der Waals surface area contributed by atoms with E-state index in [0.717, 1.165) is 27.7 Å². The fourth-order valence-corrected chi connectivity index (χ4v) is 4.28. The highest BCUT2D eigenvalue weighted by Gasteiger charge is 2.17. The van der Waals surface area contributed by atoms with E-state index in [1.54, 1.807) is 0 Å². The number of carbonyl (C=O) groups excluding carboxylic acids is 1. The lowest BCUT2D eigenvalue weighted by Crippen LogP contribution is -2.11. The first-order chi connectivity index (χ1) is 12.9. The molecular formula is C19H22N4O2S2. The Bertz CT molecular complexity index is 933. The third kappa shape index (κ3) is 5.33. The lowest BCUT2D eigenvalue weighted by molar-refractivity contribution is 0.102. The number of rotatable bonds is 7. The summed E-state index contributed by atoms with van der Waals surface area (Å²) < 4.78 is 5.78. The van der Waals surface area contributed by atoms with E-state index in [4.69, 9.17) is 4.74 Å². The van der Waals surface area contributed by atoms with Crippen LogP contribution < -0.4 is 10.1 Å². The molecule has 0 spiro atoms. The van der Waals surface area contributed by atoms with Crippen LogP contribution >= 0.6 is 22.7 Å². The summed E-state index contributed by atoms with van der Waals surface area (Å²) in [5, 5.41) is 13.2. The third-order valence-electron chi connectivity index (χ3n) is 3.67. The van der Waals surface area contributed by atoms with Gasteiger partial charge in [-0.3, -0.25) is 10.1 Å². The lowest BCUT2D eigenvalue weighted by Gasteiger charge is -2.04. The Morgan fingerprint density at radius 1 is 1.19 bits per heavy atom. The lowest BCUT2D eigenvalue weighted by atomic mass is 10.1. The van der Waals surface area contributed by atoms with Crippen molar-refractivity contribution in [2.24, 2.45) is 5.92 Å². The highest BCUT2D eigenvalue weighted by molar-refractivity contribution is 7.16. The second-order valence-corrected chi connectivity index (χ2v) is 8.83. The van der Waals surface area contributed by atoms with Gasteiger partial charge in [0.1, 0.15) is 27.2 Å². The van der Waals surface area contributed by atoms with Crippen LogP contribution in [-0.4, -0.2) is 21.1 Å². The number of aryl methyl sites for hydroxylation is 2. The van der Waals surface area contributed by atoms with Gasteiger partial charge < -0.3 is 4.74 Å². The molecule has 2 aromatic heterocycles. The first kappa shape index (κ1) is 19.4. The Labute approximate surface area is 166 Å². The van der Waals surface area contributed by atoms with E-state index in [1.807, 2.05) is 38.1 Å². The van der Waals surface area contributed by atoms with Gasteiger partial charge in [0.2, 0.25) is 5.13 Å². The van der Waals surface area contributed by atoms with Gasteiger partial charge in [0, 0.05) is 6.42 Å². The molecule has 3 aromatic rings. The minimum absolute atomic E-state index is 0.209. The maximum Gasteiger partial charge on any atom is 0.269 e. The van der Waals surface area contributed by atoms with Crippen molar-refractivity contribution < 1.29 is 9.53 Å². The number of thiazole rings is 1. The van der Waals surface area contributed by atoms with Crippen LogP contribution in [0.3, 0.4) is 0 Å². The average Bonchev–Trinajstić information content (AvgIpc) is 3.18. The zero-order valence-corrected chi connectivity index (χ0v) is 17.4. The molecule has 6 nitrogen and oxygen atoms in total. The van der Waals surface area contributed by atoms with Gasteiger partial charge in [0.05, 0.1) is 5.69 Å². The van der Waals surface area contributed by atoms with E-state index in [2.05, 4.69) is 34.3 Å². The van der Waals surface area contributed by atoms with E-state index in [-0.39, 0.29) is 5.91 Å². The maximum absolute atomic E-state index is 12.6. The molecule has 27 heavy (non-hydrogen) atoms. The smallest absolute Gasteiger partial charge is 0.269 e. The molecule has 0 aliphatic rings. The summed E-state index contributed by atoms with van der Waals surface area (Å²) in [6, 6.07) is 7.85. The topological polar surface area (TPSA) is 77.0 Å². The number of aromatic nitrogens is 3. The molecule has 0 saturated carbocycles. The van der Waals surface area contributed by atoms with Gasteiger partial charge in [0.25, 0.3) is 5.91 Å². The summed E-state index contributed by atoms with van der Waals surface area (Å²) in [4.78, 5) is 17.6. The van der Waals surface area contributed by atoms with Crippen LogP contribution in [0, 0.1) is 19.8 Å². The normalized spacial score (nSPS) is 11.0. The number of benzene rings is 1. The first-order valence-corrected chi connectivity index (χ1v) is 10.3. The molecule has 1 amide bonds. The van der Waals surface area contributed by atoms with E-state index in [1.165, 1.54) is 22.7 Å². The summed E-state index contributed by atoms with van der Waals surface area (Å²) in [5.41, 5.74) is 1.82. The Morgan fingerprint density at radius 3 is 2.74 bits per heavy atom. The molecule has 1 N–H and O–H groups in total. The number of carbonyl (C=O) groups is 1. The Kier molecular flexibility index (Phi) is 6.18. The molecule has 0 fully saturated rings. The van der Waals surface area contributed by atoms with Gasteiger partial charge in [-0.1, -0.05) is 37.3 Å². The van der Waals surface area contributed by atoms with Crippen molar-refractivity contribution in [1.82, 2.24) is 15.2 Å². The van der Waals surface area contributed by atoms with Gasteiger partial charge >= 0.3 is 0 Å². The van der Waals surface area contributed by atoms with Crippen molar-refractivity contribution in [1.29, 1.82) is 0 Å². The molecule has 0 radical (unpaired) electrons. The predicted octanol–water partition coefficient (Wildman–Crippen LogP) is 4.64. The quantitative estimate of drug-likeness (QED) is 0.623.